The number of carbonyl (C=O) groups excluding carboxylic acids is 2. The number of aliphatic hydroxyl groups is 1. The number of carboxylic acid groups (broad SMARTS) is 1. The summed E-state index contributed by atoms with van der Waals surface area (Å²) in [5, 5.41) is 16.5. The summed E-state index contributed by atoms with van der Waals surface area (Å²) in [5.74, 6) is -2.21. The van der Waals surface area contributed by atoms with Crippen molar-refractivity contribution < 1.29 is 34.1 Å². The number of aliphatic carboxylic acids is 1. The number of ether oxygens (including phenoxy) is 2. The number of carbonyl (C=O) groups is 3. The van der Waals surface area contributed by atoms with Crippen LogP contribution in [-0.2, 0) is 23.9 Å². The van der Waals surface area contributed by atoms with E-state index in [-0.39, 0.29) is 17.8 Å². The van der Waals surface area contributed by atoms with Gasteiger partial charge in [0.15, 0.2) is 6.10 Å². The number of esters is 2. The van der Waals surface area contributed by atoms with Crippen molar-refractivity contribution in [1.82, 2.24) is 0 Å². The van der Waals surface area contributed by atoms with Gasteiger partial charge in [-0.1, -0.05) is 19.7 Å². The maximum atomic E-state index is 11.1. The predicted molar refractivity (Wildman–Crippen MR) is 75.4 cm³/mol. The highest BCUT2D eigenvalue weighted by Gasteiger charge is 2.16. The second kappa shape index (κ2) is 11.4. The Morgan fingerprint density at radius 1 is 1.14 bits per heavy atom. The SMILES string of the molecule is C=C(C)C(=O)OCC(CO)OC(=O)C(=C)C.C=CC(=O)O. The first-order chi connectivity index (χ1) is 9.65. The first kappa shape index (κ1) is 20.9. The Morgan fingerprint density at radius 2 is 1.57 bits per heavy atom. The zero-order valence-corrected chi connectivity index (χ0v) is 12.1. The second-order valence-electron chi connectivity index (χ2n) is 3.91. The Kier molecular flexibility index (Phi) is 11.4. The number of rotatable bonds is 7. The van der Waals surface area contributed by atoms with Crippen LogP contribution >= 0.6 is 0 Å². The predicted octanol–water partition coefficient (Wildman–Crippen LogP) is 0.843. The van der Waals surface area contributed by atoms with Crippen LogP contribution in [-0.4, -0.2) is 47.4 Å². The van der Waals surface area contributed by atoms with Crippen LogP contribution in [0.1, 0.15) is 13.8 Å². The number of carboxylic acids is 1. The first-order valence-corrected chi connectivity index (χ1v) is 5.81. The Morgan fingerprint density at radius 3 is 1.86 bits per heavy atom. The molecule has 0 saturated carbocycles. The summed E-state index contributed by atoms with van der Waals surface area (Å²) in [7, 11) is 0. The lowest BCUT2D eigenvalue weighted by molar-refractivity contribution is -0.156. The van der Waals surface area contributed by atoms with Crippen LogP contribution < -0.4 is 0 Å². The molecular formula is C14H20O7. The molecule has 0 amide bonds. The summed E-state index contributed by atoms with van der Waals surface area (Å²) in [6.07, 6.45) is -0.0486. The molecule has 0 aromatic heterocycles. The van der Waals surface area contributed by atoms with Crippen molar-refractivity contribution in [2.75, 3.05) is 13.2 Å². The van der Waals surface area contributed by atoms with Crippen LogP contribution in [0.3, 0.4) is 0 Å². The molecule has 7 heteroatoms. The van der Waals surface area contributed by atoms with Gasteiger partial charge in [-0.3, -0.25) is 0 Å². The molecule has 21 heavy (non-hydrogen) atoms. The van der Waals surface area contributed by atoms with Gasteiger partial charge in [-0.15, -0.1) is 0 Å². The van der Waals surface area contributed by atoms with Crippen LogP contribution in [0, 0.1) is 0 Å². The Hall–Kier alpha value is -2.41. The molecular weight excluding hydrogens is 280 g/mol. The molecule has 118 valence electrons. The fourth-order valence-electron chi connectivity index (χ4n) is 0.668. The molecule has 7 nitrogen and oxygen atoms in total. The average Bonchev–Trinajstić information content (AvgIpc) is 2.42. The van der Waals surface area contributed by atoms with Gasteiger partial charge in [0.05, 0.1) is 6.61 Å². The number of hydrogen-bond acceptors (Lipinski definition) is 6. The zero-order valence-electron chi connectivity index (χ0n) is 12.1. The van der Waals surface area contributed by atoms with Crippen LogP contribution in [0.25, 0.3) is 0 Å². The van der Waals surface area contributed by atoms with E-state index in [4.69, 9.17) is 19.7 Å². The highest BCUT2D eigenvalue weighted by Crippen LogP contribution is 2.01. The van der Waals surface area contributed by atoms with Gasteiger partial charge < -0.3 is 19.7 Å². The molecule has 0 fully saturated rings. The first-order valence-electron chi connectivity index (χ1n) is 5.81. The van der Waals surface area contributed by atoms with Crippen LogP contribution in [0.4, 0.5) is 0 Å². The van der Waals surface area contributed by atoms with E-state index < -0.39 is 30.6 Å². The van der Waals surface area contributed by atoms with Crippen molar-refractivity contribution in [3.8, 4) is 0 Å². The van der Waals surface area contributed by atoms with Gasteiger partial charge in [-0.05, 0) is 13.8 Å². The fourth-order valence-corrected chi connectivity index (χ4v) is 0.668. The lowest BCUT2D eigenvalue weighted by atomic mass is 10.3. The van der Waals surface area contributed by atoms with Crippen molar-refractivity contribution in [1.29, 1.82) is 0 Å². The minimum Gasteiger partial charge on any atom is -0.478 e. The Labute approximate surface area is 123 Å². The molecule has 0 aliphatic rings. The van der Waals surface area contributed by atoms with Crippen LogP contribution in [0.2, 0.25) is 0 Å². The Balaban J connectivity index is 0. The molecule has 0 saturated heterocycles. The number of hydrogen-bond donors (Lipinski definition) is 2. The highest BCUT2D eigenvalue weighted by molar-refractivity contribution is 5.87. The van der Waals surface area contributed by atoms with Gasteiger partial charge in [0.2, 0.25) is 0 Å². The third-order valence-electron chi connectivity index (χ3n) is 1.75. The third-order valence-corrected chi connectivity index (χ3v) is 1.75. The molecule has 0 spiro atoms. The summed E-state index contributed by atoms with van der Waals surface area (Å²) < 4.78 is 9.53. The quantitative estimate of drug-likeness (QED) is 0.529. The van der Waals surface area contributed by atoms with E-state index in [1.807, 2.05) is 0 Å². The van der Waals surface area contributed by atoms with Gasteiger partial charge in [0.25, 0.3) is 0 Å². The normalized spacial score (nSPS) is 10.2. The van der Waals surface area contributed by atoms with Gasteiger partial charge in [-0.2, -0.15) is 0 Å². The third kappa shape index (κ3) is 12.4. The van der Waals surface area contributed by atoms with Crippen molar-refractivity contribution in [3.05, 3.63) is 37.0 Å². The molecule has 0 aliphatic heterocycles. The smallest absolute Gasteiger partial charge is 0.333 e. The number of aliphatic hydroxyl groups excluding tert-OH is 1. The average molecular weight is 300 g/mol. The van der Waals surface area contributed by atoms with Crippen molar-refractivity contribution in [2.24, 2.45) is 0 Å². The molecule has 0 bridgehead atoms. The summed E-state index contributed by atoms with van der Waals surface area (Å²) >= 11 is 0. The maximum Gasteiger partial charge on any atom is 0.333 e. The van der Waals surface area contributed by atoms with E-state index in [2.05, 4.69) is 19.7 Å². The molecule has 0 rings (SSSR count). The summed E-state index contributed by atoms with van der Waals surface area (Å²) in [6, 6.07) is 0. The lowest BCUT2D eigenvalue weighted by Crippen LogP contribution is -2.28. The van der Waals surface area contributed by atoms with Gasteiger partial charge >= 0.3 is 17.9 Å². The van der Waals surface area contributed by atoms with E-state index >= 15 is 0 Å². The molecule has 0 aliphatic carbocycles. The molecule has 0 radical (unpaired) electrons. The maximum absolute atomic E-state index is 11.1. The topological polar surface area (TPSA) is 110 Å². The van der Waals surface area contributed by atoms with Crippen molar-refractivity contribution in [3.63, 3.8) is 0 Å². The zero-order chi connectivity index (χ0) is 17.0. The molecule has 0 aromatic rings. The largest absolute Gasteiger partial charge is 0.478 e. The molecule has 1 unspecified atom stereocenters. The minimum atomic E-state index is -0.981. The van der Waals surface area contributed by atoms with Crippen molar-refractivity contribution >= 4 is 17.9 Å². The monoisotopic (exact) mass is 300 g/mol. The van der Waals surface area contributed by atoms with E-state index in [0.29, 0.717) is 0 Å². The van der Waals surface area contributed by atoms with E-state index in [9.17, 15) is 14.4 Å². The van der Waals surface area contributed by atoms with Crippen molar-refractivity contribution in [2.45, 2.75) is 20.0 Å². The molecule has 1 atom stereocenters. The summed E-state index contributed by atoms with van der Waals surface area (Å²) in [4.78, 5) is 31.4. The molecule has 0 heterocycles. The second-order valence-corrected chi connectivity index (χ2v) is 3.91. The minimum absolute atomic E-state index is 0.207. The fraction of sp³-hybridized carbons (Fsp3) is 0.357. The van der Waals surface area contributed by atoms with Gasteiger partial charge in [0, 0.05) is 17.2 Å². The summed E-state index contributed by atoms with van der Waals surface area (Å²) in [5.41, 5.74) is 0.451. The van der Waals surface area contributed by atoms with Gasteiger partial charge in [0.1, 0.15) is 6.61 Å². The Bertz CT molecular complexity index is 423. The van der Waals surface area contributed by atoms with E-state index in [1.54, 1.807) is 0 Å². The standard InChI is InChI=1S/C11H16O5.C3H4O2/c1-7(2)10(13)15-6-9(5-12)16-11(14)8(3)4;1-2-3(4)5/h9,12H,1,3,5-6H2,2,4H3;2H,1H2,(H,4,5). The lowest BCUT2D eigenvalue weighted by Gasteiger charge is -2.15. The summed E-state index contributed by atoms with van der Waals surface area (Å²) in [6.45, 7) is 12.1. The molecule has 0 aromatic carbocycles. The highest BCUT2D eigenvalue weighted by atomic mass is 16.6. The van der Waals surface area contributed by atoms with Gasteiger partial charge in [-0.25, -0.2) is 14.4 Å². The van der Waals surface area contributed by atoms with Crippen LogP contribution in [0.15, 0.2) is 37.0 Å². The van der Waals surface area contributed by atoms with E-state index in [0.717, 1.165) is 6.08 Å². The van der Waals surface area contributed by atoms with E-state index in [1.165, 1.54) is 13.8 Å². The molecule has 2 N–H and O–H groups in total. The van der Waals surface area contributed by atoms with Crippen LogP contribution in [0.5, 0.6) is 0 Å².